The molecule has 3 rings (SSSR count). The number of para-hydroxylation sites is 1. The second-order valence-electron chi connectivity index (χ2n) is 5.31. The molecule has 3 aromatic carbocycles. The molecule has 0 aliphatic heterocycles. The Labute approximate surface area is 139 Å². The van der Waals surface area contributed by atoms with E-state index in [0.29, 0.717) is 22.4 Å². The lowest BCUT2D eigenvalue weighted by Crippen LogP contribution is -2.13. The van der Waals surface area contributed by atoms with E-state index < -0.39 is 5.91 Å². The summed E-state index contributed by atoms with van der Waals surface area (Å²) in [5.74, 6) is -0.520. The van der Waals surface area contributed by atoms with Gasteiger partial charge in [-0.2, -0.15) is 0 Å². The van der Waals surface area contributed by atoms with E-state index >= 15 is 0 Å². The van der Waals surface area contributed by atoms with Crippen LogP contribution in [0.25, 0.3) is 0 Å². The highest BCUT2D eigenvalue weighted by molar-refractivity contribution is 6.09. The number of carbonyl (C=O) groups is 2. The highest BCUT2D eigenvalue weighted by Gasteiger charge is 2.10. The molecule has 0 saturated carbocycles. The summed E-state index contributed by atoms with van der Waals surface area (Å²) < 4.78 is 0. The topological polar surface area (TPSA) is 72.2 Å². The third kappa shape index (κ3) is 3.33. The van der Waals surface area contributed by atoms with E-state index in [9.17, 15) is 9.59 Å². The van der Waals surface area contributed by atoms with Crippen LogP contribution in [0.15, 0.2) is 78.9 Å². The molecule has 0 aromatic heterocycles. The number of nitrogens with one attached hydrogen (secondary N) is 1. The number of hydrogen-bond donors (Lipinski definition) is 2. The van der Waals surface area contributed by atoms with Gasteiger partial charge in [0.15, 0.2) is 5.78 Å². The van der Waals surface area contributed by atoms with Gasteiger partial charge in [0.1, 0.15) is 0 Å². The smallest absolute Gasteiger partial charge is 0.250 e. The third-order valence-corrected chi connectivity index (χ3v) is 3.65. The Morgan fingerprint density at radius 3 is 1.96 bits per heavy atom. The SMILES string of the molecule is NC(=O)c1ccccc1Nc1ccc(C(=O)c2ccccc2)cc1. The lowest BCUT2D eigenvalue weighted by molar-refractivity contribution is 0.0999. The number of nitrogens with two attached hydrogens (primary N) is 1. The van der Waals surface area contributed by atoms with Crippen LogP contribution in [0.5, 0.6) is 0 Å². The van der Waals surface area contributed by atoms with Crippen LogP contribution in [0.4, 0.5) is 11.4 Å². The van der Waals surface area contributed by atoms with Crippen molar-refractivity contribution >= 4 is 23.1 Å². The zero-order valence-electron chi connectivity index (χ0n) is 12.9. The average molecular weight is 316 g/mol. The van der Waals surface area contributed by atoms with Gasteiger partial charge in [-0.05, 0) is 36.4 Å². The van der Waals surface area contributed by atoms with E-state index in [-0.39, 0.29) is 5.78 Å². The Morgan fingerprint density at radius 2 is 1.29 bits per heavy atom. The summed E-state index contributed by atoms with van der Waals surface area (Å²) in [6.07, 6.45) is 0. The van der Waals surface area contributed by atoms with E-state index in [2.05, 4.69) is 5.32 Å². The predicted molar refractivity (Wildman–Crippen MR) is 94.6 cm³/mol. The second-order valence-corrected chi connectivity index (χ2v) is 5.31. The fraction of sp³-hybridized carbons (Fsp3) is 0. The summed E-state index contributed by atoms with van der Waals surface area (Å²) >= 11 is 0. The Kier molecular flexibility index (Phi) is 4.38. The second kappa shape index (κ2) is 6.79. The van der Waals surface area contributed by atoms with Crippen LogP contribution in [-0.4, -0.2) is 11.7 Å². The zero-order chi connectivity index (χ0) is 16.9. The van der Waals surface area contributed by atoms with Crippen LogP contribution < -0.4 is 11.1 Å². The Bertz CT molecular complexity index is 872. The number of primary amides is 1. The van der Waals surface area contributed by atoms with Crippen molar-refractivity contribution in [3.63, 3.8) is 0 Å². The predicted octanol–water partition coefficient (Wildman–Crippen LogP) is 3.76. The molecule has 0 unspecified atom stereocenters. The van der Waals surface area contributed by atoms with Gasteiger partial charge >= 0.3 is 0 Å². The van der Waals surface area contributed by atoms with Crippen molar-refractivity contribution in [2.24, 2.45) is 5.73 Å². The highest BCUT2D eigenvalue weighted by Crippen LogP contribution is 2.21. The number of anilines is 2. The fourth-order valence-corrected chi connectivity index (χ4v) is 2.42. The van der Waals surface area contributed by atoms with Crippen molar-refractivity contribution < 1.29 is 9.59 Å². The first-order chi connectivity index (χ1) is 11.6. The number of hydrogen-bond acceptors (Lipinski definition) is 3. The molecule has 4 heteroatoms. The molecule has 24 heavy (non-hydrogen) atoms. The van der Waals surface area contributed by atoms with E-state index in [4.69, 9.17) is 5.73 Å². The van der Waals surface area contributed by atoms with Crippen molar-refractivity contribution in [3.8, 4) is 0 Å². The Morgan fingerprint density at radius 1 is 0.708 bits per heavy atom. The number of amides is 1. The van der Waals surface area contributed by atoms with Gasteiger partial charge in [0.25, 0.3) is 5.91 Å². The standard InChI is InChI=1S/C20H16N2O2/c21-20(24)17-8-4-5-9-18(17)22-16-12-10-15(11-13-16)19(23)14-6-2-1-3-7-14/h1-13,22H,(H2,21,24). The Hall–Kier alpha value is -3.40. The maximum atomic E-state index is 12.4. The minimum absolute atomic E-state index is 0.0281. The highest BCUT2D eigenvalue weighted by atomic mass is 16.1. The molecular formula is C20H16N2O2. The number of carbonyl (C=O) groups excluding carboxylic acids is 2. The summed E-state index contributed by atoms with van der Waals surface area (Å²) in [4.78, 5) is 23.8. The molecule has 0 radical (unpaired) electrons. The summed E-state index contributed by atoms with van der Waals surface area (Å²) in [6, 6.07) is 23.3. The van der Waals surface area contributed by atoms with Crippen LogP contribution in [0.2, 0.25) is 0 Å². The fourth-order valence-electron chi connectivity index (χ4n) is 2.42. The van der Waals surface area contributed by atoms with Gasteiger partial charge < -0.3 is 11.1 Å². The van der Waals surface area contributed by atoms with Gasteiger partial charge in [-0.25, -0.2) is 0 Å². The van der Waals surface area contributed by atoms with Crippen LogP contribution in [0.1, 0.15) is 26.3 Å². The third-order valence-electron chi connectivity index (χ3n) is 3.65. The molecule has 0 fully saturated rings. The minimum Gasteiger partial charge on any atom is -0.366 e. The molecule has 0 atom stereocenters. The molecule has 1 amide bonds. The first-order valence-electron chi connectivity index (χ1n) is 7.51. The minimum atomic E-state index is -0.492. The molecule has 0 aliphatic carbocycles. The molecule has 3 aromatic rings. The average Bonchev–Trinajstić information content (AvgIpc) is 2.63. The van der Waals surface area contributed by atoms with Crippen LogP contribution in [0.3, 0.4) is 0 Å². The molecule has 0 saturated heterocycles. The summed E-state index contributed by atoms with van der Waals surface area (Å²) in [5.41, 5.74) is 8.45. The molecule has 0 aliphatic rings. The van der Waals surface area contributed by atoms with Crippen molar-refractivity contribution in [2.75, 3.05) is 5.32 Å². The van der Waals surface area contributed by atoms with Crippen LogP contribution >= 0.6 is 0 Å². The quantitative estimate of drug-likeness (QED) is 0.704. The van der Waals surface area contributed by atoms with E-state index in [1.54, 1.807) is 54.6 Å². The van der Waals surface area contributed by atoms with Crippen molar-refractivity contribution in [2.45, 2.75) is 0 Å². The van der Waals surface area contributed by atoms with Crippen molar-refractivity contribution in [3.05, 3.63) is 95.6 Å². The zero-order valence-corrected chi connectivity index (χ0v) is 12.9. The van der Waals surface area contributed by atoms with Crippen LogP contribution in [-0.2, 0) is 0 Å². The maximum Gasteiger partial charge on any atom is 0.250 e. The first kappa shape index (κ1) is 15.5. The normalized spacial score (nSPS) is 10.2. The number of benzene rings is 3. The lowest BCUT2D eigenvalue weighted by atomic mass is 10.0. The lowest BCUT2D eigenvalue weighted by Gasteiger charge is -2.10. The molecule has 0 bridgehead atoms. The largest absolute Gasteiger partial charge is 0.366 e. The van der Waals surface area contributed by atoms with E-state index in [1.807, 2.05) is 24.3 Å². The first-order valence-corrected chi connectivity index (χ1v) is 7.51. The number of rotatable bonds is 5. The summed E-state index contributed by atoms with van der Waals surface area (Å²) in [6.45, 7) is 0. The van der Waals surface area contributed by atoms with Crippen molar-refractivity contribution in [1.82, 2.24) is 0 Å². The maximum absolute atomic E-state index is 12.4. The van der Waals surface area contributed by atoms with Gasteiger partial charge in [-0.3, -0.25) is 9.59 Å². The summed E-state index contributed by atoms with van der Waals surface area (Å²) in [7, 11) is 0. The van der Waals surface area contributed by atoms with E-state index in [1.165, 1.54) is 0 Å². The molecule has 4 nitrogen and oxygen atoms in total. The van der Waals surface area contributed by atoms with Gasteiger partial charge in [0.2, 0.25) is 0 Å². The molecule has 118 valence electrons. The molecule has 3 N–H and O–H groups in total. The molecule has 0 spiro atoms. The number of ketones is 1. The Balaban J connectivity index is 1.81. The van der Waals surface area contributed by atoms with Gasteiger partial charge in [-0.15, -0.1) is 0 Å². The van der Waals surface area contributed by atoms with Gasteiger partial charge in [0, 0.05) is 16.8 Å². The van der Waals surface area contributed by atoms with Crippen molar-refractivity contribution in [1.29, 1.82) is 0 Å². The monoisotopic (exact) mass is 316 g/mol. The van der Waals surface area contributed by atoms with Crippen LogP contribution in [0, 0.1) is 0 Å². The summed E-state index contributed by atoms with van der Waals surface area (Å²) in [5, 5.41) is 3.15. The molecular weight excluding hydrogens is 300 g/mol. The van der Waals surface area contributed by atoms with Gasteiger partial charge in [-0.1, -0.05) is 42.5 Å². The molecule has 0 heterocycles. The van der Waals surface area contributed by atoms with Gasteiger partial charge in [0.05, 0.1) is 11.3 Å². The van der Waals surface area contributed by atoms with E-state index in [0.717, 1.165) is 5.69 Å².